The predicted octanol–water partition coefficient (Wildman–Crippen LogP) is 3.16. The van der Waals surface area contributed by atoms with Crippen molar-refractivity contribution in [3.63, 3.8) is 0 Å². The molecule has 1 fully saturated rings. The number of rotatable bonds is 8. The quantitative estimate of drug-likeness (QED) is 0.526. The fourth-order valence-corrected chi connectivity index (χ4v) is 4.53. The molecular formula is C25H26F2N2O6. The van der Waals surface area contributed by atoms with Gasteiger partial charge in [-0.15, -0.1) is 0 Å². The van der Waals surface area contributed by atoms with Gasteiger partial charge in [-0.2, -0.15) is 8.78 Å². The lowest BCUT2D eigenvalue weighted by Gasteiger charge is -2.33. The molecule has 3 N–H and O–H groups in total. The number of carbonyl (C=O) groups is 3. The van der Waals surface area contributed by atoms with E-state index in [9.17, 15) is 28.3 Å². The van der Waals surface area contributed by atoms with Gasteiger partial charge in [0.25, 0.3) is 5.91 Å². The molecule has 35 heavy (non-hydrogen) atoms. The van der Waals surface area contributed by atoms with Gasteiger partial charge in [-0.25, -0.2) is 4.79 Å². The van der Waals surface area contributed by atoms with Gasteiger partial charge in [0.1, 0.15) is 12.0 Å². The van der Waals surface area contributed by atoms with Crippen molar-refractivity contribution in [3.8, 4) is 11.1 Å². The molecule has 2 amide bonds. The van der Waals surface area contributed by atoms with Crippen molar-refractivity contribution in [2.75, 3.05) is 32.9 Å². The van der Waals surface area contributed by atoms with Crippen LogP contribution in [0, 0.1) is 5.41 Å². The summed E-state index contributed by atoms with van der Waals surface area (Å²) in [6.07, 6.45) is -0.435. The zero-order chi connectivity index (χ0) is 25.1. The van der Waals surface area contributed by atoms with Gasteiger partial charge >= 0.3 is 18.0 Å². The van der Waals surface area contributed by atoms with Crippen molar-refractivity contribution in [2.45, 2.75) is 24.7 Å². The molecule has 1 heterocycles. The van der Waals surface area contributed by atoms with E-state index in [1.165, 1.54) is 0 Å². The van der Waals surface area contributed by atoms with E-state index in [-0.39, 0.29) is 25.6 Å². The summed E-state index contributed by atoms with van der Waals surface area (Å²) in [5.41, 5.74) is 2.56. The van der Waals surface area contributed by atoms with Crippen LogP contribution in [0.4, 0.5) is 13.6 Å². The Morgan fingerprint density at radius 1 is 1.06 bits per heavy atom. The maximum atomic E-state index is 14.3. The molecule has 2 aliphatic rings. The summed E-state index contributed by atoms with van der Waals surface area (Å²) in [5.74, 6) is -7.09. The number of ether oxygens (including phenoxy) is 2. The van der Waals surface area contributed by atoms with E-state index in [1.54, 1.807) is 0 Å². The van der Waals surface area contributed by atoms with Crippen LogP contribution in [0.3, 0.4) is 0 Å². The van der Waals surface area contributed by atoms with Gasteiger partial charge in [0.15, 0.2) is 0 Å². The summed E-state index contributed by atoms with van der Waals surface area (Å²) >= 11 is 0. The molecule has 4 rings (SSSR count). The summed E-state index contributed by atoms with van der Waals surface area (Å²) in [4.78, 5) is 35.8. The Morgan fingerprint density at radius 3 is 2.26 bits per heavy atom. The molecule has 1 aliphatic heterocycles. The molecule has 0 aromatic heterocycles. The number of amides is 2. The number of benzene rings is 2. The molecule has 8 nitrogen and oxygen atoms in total. The number of nitrogens with one attached hydrogen (secondary N) is 2. The van der Waals surface area contributed by atoms with Crippen molar-refractivity contribution in [1.82, 2.24) is 10.6 Å². The number of fused-ring (bicyclic) bond motifs is 3. The molecule has 1 aliphatic carbocycles. The maximum absolute atomic E-state index is 14.3. The predicted molar refractivity (Wildman–Crippen MR) is 121 cm³/mol. The lowest BCUT2D eigenvalue weighted by Crippen LogP contribution is -2.53. The molecule has 186 valence electrons. The molecule has 2 aromatic rings. The van der Waals surface area contributed by atoms with Gasteiger partial charge in [-0.05, 0) is 35.1 Å². The zero-order valence-corrected chi connectivity index (χ0v) is 18.9. The molecule has 1 saturated heterocycles. The number of hydrogen-bond acceptors (Lipinski definition) is 5. The third kappa shape index (κ3) is 5.12. The number of carboxylic acids is 1. The highest BCUT2D eigenvalue weighted by Crippen LogP contribution is 2.44. The van der Waals surface area contributed by atoms with E-state index in [0.29, 0.717) is 13.0 Å². The summed E-state index contributed by atoms with van der Waals surface area (Å²) in [6.45, 7) is -1.64. The molecule has 0 bridgehead atoms. The fourth-order valence-electron chi connectivity index (χ4n) is 4.53. The Balaban J connectivity index is 1.30. The Bertz CT molecular complexity index is 1070. The van der Waals surface area contributed by atoms with Gasteiger partial charge in [0.2, 0.25) is 0 Å². The molecule has 2 aromatic carbocycles. The molecule has 0 spiro atoms. The Hall–Kier alpha value is -3.53. The second-order valence-electron chi connectivity index (χ2n) is 8.81. The number of aliphatic carboxylic acids is 1. The highest BCUT2D eigenvalue weighted by molar-refractivity contribution is 5.85. The van der Waals surface area contributed by atoms with Crippen LogP contribution in [0.5, 0.6) is 0 Å². The number of alkyl carbamates (subject to hydrolysis) is 1. The summed E-state index contributed by atoms with van der Waals surface area (Å²) in [7, 11) is 0. The van der Waals surface area contributed by atoms with E-state index in [2.05, 4.69) is 0 Å². The fraction of sp³-hybridized carbons (Fsp3) is 0.400. The lowest BCUT2D eigenvalue weighted by atomic mass is 9.82. The first-order valence-electron chi connectivity index (χ1n) is 11.3. The second kappa shape index (κ2) is 9.99. The normalized spacial score (nSPS) is 19.4. The Morgan fingerprint density at radius 2 is 1.69 bits per heavy atom. The largest absolute Gasteiger partial charge is 0.481 e. The standard InChI is InChI=1S/C25H26F2N2O6/c26-25(27,21(30)28-13-24(22(31)32)10-5-11-34-15-24)14-29-23(33)35-12-20-18-8-3-1-6-16(18)17-7-2-4-9-19(17)20/h1-4,6-9,20H,5,10-15H2,(H,28,30)(H,29,33)(H,31,32). The topological polar surface area (TPSA) is 114 Å². The van der Waals surface area contributed by atoms with Gasteiger partial charge in [0.05, 0.1) is 13.2 Å². The number of carbonyl (C=O) groups excluding carboxylic acids is 2. The van der Waals surface area contributed by atoms with E-state index >= 15 is 0 Å². The van der Waals surface area contributed by atoms with E-state index in [4.69, 9.17) is 9.47 Å². The van der Waals surface area contributed by atoms with Gasteiger partial charge in [-0.3, -0.25) is 9.59 Å². The van der Waals surface area contributed by atoms with E-state index in [0.717, 1.165) is 22.3 Å². The zero-order valence-electron chi connectivity index (χ0n) is 18.9. The van der Waals surface area contributed by atoms with E-state index in [1.807, 2.05) is 59.2 Å². The smallest absolute Gasteiger partial charge is 0.407 e. The van der Waals surface area contributed by atoms with Crippen LogP contribution in [-0.4, -0.2) is 61.9 Å². The van der Waals surface area contributed by atoms with Crippen LogP contribution in [0.25, 0.3) is 11.1 Å². The van der Waals surface area contributed by atoms with Gasteiger partial charge in [0, 0.05) is 19.1 Å². The van der Waals surface area contributed by atoms with Crippen molar-refractivity contribution in [2.24, 2.45) is 5.41 Å². The average molecular weight is 488 g/mol. The minimum absolute atomic E-state index is 0.0568. The number of hydrogen-bond donors (Lipinski definition) is 3. The average Bonchev–Trinajstić information content (AvgIpc) is 3.19. The minimum Gasteiger partial charge on any atom is -0.481 e. The summed E-state index contributed by atoms with van der Waals surface area (Å²) in [5, 5.41) is 13.4. The first-order chi connectivity index (χ1) is 16.7. The molecular weight excluding hydrogens is 462 g/mol. The molecule has 1 atom stereocenters. The summed E-state index contributed by atoms with van der Waals surface area (Å²) in [6, 6.07) is 15.4. The van der Waals surface area contributed by atoms with Gasteiger partial charge < -0.3 is 25.2 Å². The molecule has 10 heteroatoms. The maximum Gasteiger partial charge on any atom is 0.407 e. The van der Waals surface area contributed by atoms with Gasteiger partial charge in [-0.1, -0.05) is 48.5 Å². The summed E-state index contributed by atoms with van der Waals surface area (Å²) < 4.78 is 39.0. The van der Waals surface area contributed by atoms with Crippen molar-refractivity contribution >= 4 is 18.0 Å². The Kier molecular flexibility index (Phi) is 7.02. The van der Waals surface area contributed by atoms with Crippen LogP contribution in [0.1, 0.15) is 29.9 Å². The number of carboxylic acid groups (broad SMARTS) is 1. The van der Waals surface area contributed by atoms with Crippen LogP contribution in [0.2, 0.25) is 0 Å². The molecule has 0 radical (unpaired) electrons. The number of halogens is 2. The molecule has 0 saturated carbocycles. The van der Waals surface area contributed by atoms with Crippen LogP contribution in [0.15, 0.2) is 48.5 Å². The van der Waals surface area contributed by atoms with Crippen LogP contribution in [-0.2, 0) is 19.1 Å². The third-order valence-corrected chi connectivity index (χ3v) is 6.49. The van der Waals surface area contributed by atoms with Crippen molar-refractivity contribution < 1.29 is 37.7 Å². The van der Waals surface area contributed by atoms with E-state index < -0.39 is 42.4 Å². The van der Waals surface area contributed by atoms with Crippen molar-refractivity contribution in [1.29, 1.82) is 0 Å². The first-order valence-corrected chi connectivity index (χ1v) is 11.3. The lowest BCUT2D eigenvalue weighted by molar-refractivity contribution is -0.158. The van der Waals surface area contributed by atoms with Crippen LogP contribution < -0.4 is 10.6 Å². The monoisotopic (exact) mass is 488 g/mol. The first kappa shape index (κ1) is 24.6. The second-order valence-corrected chi connectivity index (χ2v) is 8.81. The highest BCUT2D eigenvalue weighted by Gasteiger charge is 2.44. The van der Waals surface area contributed by atoms with Crippen molar-refractivity contribution in [3.05, 3.63) is 59.7 Å². The minimum atomic E-state index is -3.96. The number of alkyl halides is 2. The molecule has 1 unspecified atom stereocenters. The SMILES string of the molecule is O=C(NCC(F)(F)C(=O)NCC1(C(=O)O)CCCOC1)OCC1c2ccccc2-c2ccccc21. The third-order valence-electron chi connectivity index (χ3n) is 6.49. The van der Waals surface area contributed by atoms with Crippen LogP contribution >= 0.6 is 0 Å². The highest BCUT2D eigenvalue weighted by atomic mass is 19.3. The Labute approximate surface area is 200 Å².